The van der Waals surface area contributed by atoms with Crippen LogP contribution in [0.15, 0.2) is 36.4 Å². The van der Waals surface area contributed by atoms with E-state index in [4.69, 9.17) is 38.2 Å². The number of aliphatic hydroxyl groups is 1. The summed E-state index contributed by atoms with van der Waals surface area (Å²) in [6.07, 6.45) is -0.162. The second-order valence-corrected chi connectivity index (χ2v) is 5.56. The molecule has 0 radical (unpaired) electrons. The molecule has 6 nitrogen and oxygen atoms in total. The summed E-state index contributed by atoms with van der Waals surface area (Å²) in [5.41, 5.74) is 1.46. The van der Waals surface area contributed by atoms with Gasteiger partial charge >= 0.3 is 11.9 Å². The number of hydrogen-bond donors (Lipinski definition) is 3. The van der Waals surface area contributed by atoms with Crippen molar-refractivity contribution in [2.45, 2.75) is 6.42 Å². The fourth-order valence-electron chi connectivity index (χ4n) is 1.99. The van der Waals surface area contributed by atoms with Crippen molar-refractivity contribution in [2.75, 3.05) is 11.9 Å². The van der Waals surface area contributed by atoms with E-state index in [1.54, 1.807) is 24.3 Å². The molecule has 2 aromatic rings. The van der Waals surface area contributed by atoms with Crippen molar-refractivity contribution in [3.05, 3.63) is 52.0 Å². The zero-order chi connectivity index (χ0) is 17.7. The topological polar surface area (TPSA) is 95.9 Å². The summed E-state index contributed by atoms with van der Waals surface area (Å²) >= 11 is 12.3. The number of carboxylic acids is 1. The number of halogens is 2. The number of aliphatic carboxylic acids is 1. The molecule has 2 aromatic carbocycles. The van der Waals surface area contributed by atoms with Gasteiger partial charge in [-0.25, -0.2) is 4.79 Å². The Morgan fingerprint density at radius 2 is 1.75 bits per heavy atom. The smallest absolute Gasteiger partial charge is 0.337 e. The summed E-state index contributed by atoms with van der Waals surface area (Å²) in [5, 5.41) is 21.0. The first-order chi connectivity index (χ1) is 11.4. The van der Waals surface area contributed by atoms with E-state index in [-0.39, 0.29) is 22.2 Å². The lowest BCUT2D eigenvalue weighted by Crippen LogP contribution is -2.12. The van der Waals surface area contributed by atoms with E-state index in [1.807, 2.05) is 0 Å². The van der Waals surface area contributed by atoms with Crippen molar-refractivity contribution < 1.29 is 24.5 Å². The minimum absolute atomic E-state index is 0.0911. The highest BCUT2D eigenvalue weighted by Gasteiger charge is 2.14. The van der Waals surface area contributed by atoms with Crippen LogP contribution in [0.5, 0.6) is 5.75 Å². The Labute approximate surface area is 147 Å². The molecule has 0 aromatic heterocycles. The first kappa shape index (κ1) is 18.1. The number of benzene rings is 2. The lowest BCUT2D eigenvalue weighted by molar-refractivity contribution is -0.137. The van der Waals surface area contributed by atoms with Gasteiger partial charge in [-0.2, -0.15) is 0 Å². The summed E-state index contributed by atoms with van der Waals surface area (Å²) in [5.74, 6) is -1.71. The fraction of sp³-hybridized carbons (Fsp3) is 0.125. The summed E-state index contributed by atoms with van der Waals surface area (Å²) in [6.45, 7) is -0.766. The standard InChI is InChI=1S/C16H13Cl2NO5/c17-11-6-10(24-15(23)8-20)7-12(18)16(11)19-13-4-2-1-3-9(13)5-14(21)22/h1-4,6-7,19-20H,5,8H2,(H,21,22). The maximum absolute atomic E-state index is 11.1. The van der Waals surface area contributed by atoms with E-state index in [0.29, 0.717) is 16.9 Å². The number of carboxylic acid groups (broad SMARTS) is 1. The number of aliphatic hydroxyl groups excluding tert-OH is 1. The minimum atomic E-state index is -0.965. The molecule has 0 aliphatic carbocycles. The highest BCUT2D eigenvalue weighted by Crippen LogP contribution is 2.37. The normalized spacial score (nSPS) is 10.3. The van der Waals surface area contributed by atoms with Crippen LogP contribution in [0, 0.1) is 0 Å². The van der Waals surface area contributed by atoms with Gasteiger partial charge in [-0.3, -0.25) is 4.79 Å². The van der Waals surface area contributed by atoms with Crippen molar-refractivity contribution in [2.24, 2.45) is 0 Å². The van der Waals surface area contributed by atoms with Gasteiger partial charge in [0.1, 0.15) is 12.4 Å². The largest absolute Gasteiger partial charge is 0.481 e. The molecule has 0 saturated carbocycles. The number of nitrogens with one attached hydrogen (secondary N) is 1. The quantitative estimate of drug-likeness (QED) is 0.534. The van der Waals surface area contributed by atoms with Gasteiger partial charge in [-0.05, 0) is 11.6 Å². The van der Waals surface area contributed by atoms with Gasteiger partial charge in [-0.15, -0.1) is 0 Å². The summed E-state index contributed by atoms with van der Waals surface area (Å²) in [7, 11) is 0. The van der Waals surface area contributed by atoms with Gasteiger partial charge < -0.3 is 20.3 Å². The Morgan fingerprint density at radius 1 is 1.12 bits per heavy atom. The van der Waals surface area contributed by atoms with Crippen LogP contribution < -0.4 is 10.1 Å². The number of carbonyl (C=O) groups excluding carboxylic acids is 1. The maximum atomic E-state index is 11.1. The lowest BCUT2D eigenvalue weighted by Gasteiger charge is -2.15. The summed E-state index contributed by atoms with van der Waals surface area (Å²) in [4.78, 5) is 22.0. The molecule has 2 rings (SSSR count). The molecule has 0 unspecified atom stereocenters. The Hall–Kier alpha value is -2.28. The number of rotatable bonds is 6. The highest BCUT2D eigenvalue weighted by atomic mass is 35.5. The molecule has 0 aliphatic heterocycles. The molecule has 0 spiro atoms. The van der Waals surface area contributed by atoms with E-state index in [0.717, 1.165) is 0 Å². The average Bonchev–Trinajstić information content (AvgIpc) is 2.51. The van der Waals surface area contributed by atoms with Crippen molar-refractivity contribution in [3.63, 3.8) is 0 Å². The molecular weight excluding hydrogens is 357 g/mol. The predicted molar refractivity (Wildman–Crippen MR) is 90.2 cm³/mol. The number of para-hydroxylation sites is 1. The van der Waals surface area contributed by atoms with Crippen LogP contribution in [0.25, 0.3) is 0 Å². The molecule has 3 N–H and O–H groups in total. The minimum Gasteiger partial charge on any atom is -0.481 e. The Kier molecular flexibility index (Phi) is 6.03. The maximum Gasteiger partial charge on any atom is 0.337 e. The third-order valence-electron chi connectivity index (χ3n) is 3.00. The first-order valence-electron chi connectivity index (χ1n) is 6.78. The number of esters is 1. The van der Waals surface area contributed by atoms with Crippen LogP contribution in [-0.4, -0.2) is 28.8 Å². The van der Waals surface area contributed by atoms with Crippen molar-refractivity contribution in [3.8, 4) is 5.75 Å². The first-order valence-corrected chi connectivity index (χ1v) is 7.53. The van der Waals surface area contributed by atoms with Gasteiger partial charge in [0, 0.05) is 17.8 Å². The van der Waals surface area contributed by atoms with Gasteiger partial charge in [0.05, 0.1) is 22.2 Å². The second-order valence-electron chi connectivity index (χ2n) is 4.75. The van der Waals surface area contributed by atoms with Crippen LogP contribution in [0.3, 0.4) is 0 Å². The van der Waals surface area contributed by atoms with E-state index in [1.165, 1.54) is 12.1 Å². The fourth-order valence-corrected chi connectivity index (χ4v) is 2.55. The predicted octanol–water partition coefficient (Wildman–Crippen LogP) is 3.26. The highest BCUT2D eigenvalue weighted by molar-refractivity contribution is 6.39. The monoisotopic (exact) mass is 369 g/mol. The molecule has 0 aliphatic rings. The van der Waals surface area contributed by atoms with Crippen LogP contribution in [0.1, 0.15) is 5.56 Å². The molecule has 0 atom stereocenters. The molecule has 0 heterocycles. The summed E-state index contributed by atoms with van der Waals surface area (Å²) < 4.78 is 4.84. The Balaban J connectivity index is 2.31. The number of hydrogen-bond acceptors (Lipinski definition) is 5. The number of ether oxygens (including phenoxy) is 1. The van der Waals surface area contributed by atoms with E-state index >= 15 is 0 Å². The van der Waals surface area contributed by atoms with Crippen LogP contribution >= 0.6 is 23.2 Å². The Bertz CT molecular complexity index is 756. The van der Waals surface area contributed by atoms with Crippen molar-refractivity contribution in [1.82, 2.24) is 0 Å². The van der Waals surface area contributed by atoms with E-state index in [9.17, 15) is 9.59 Å². The van der Waals surface area contributed by atoms with Crippen molar-refractivity contribution in [1.29, 1.82) is 0 Å². The average molecular weight is 370 g/mol. The summed E-state index contributed by atoms with van der Waals surface area (Å²) in [6, 6.07) is 9.57. The van der Waals surface area contributed by atoms with Crippen LogP contribution in [0.2, 0.25) is 10.0 Å². The molecule has 24 heavy (non-hydrogen) atoms. The number of carbonyl (C=O) groups is 2. The van der Waals surface area contributed by atoms with Crippen LogP contribution in [-0.2, 0) is 16.0 Å². The second kappa shape index (κ2) is 8.01. The van der Waals surface area contributed by atoms with Gasteiger partial charge in [-0.1, -0.05) is 41.4 Å². The van der Waals surface area contributed by atoms with Gasteiger partial charge in [0.25, 0.3) is 0 Å². The molecule has 0 bridgehead atoms. The molecule has 126 valence electrons. The van der Waals surface area contributed by atoms with E-state index in [2.05, 4.69) is 5.32 Å². The van der Waals surface area contributed by atoms with Gasteiger partial charge in [0.2, 0.25) is 0 Å². The Morgan fingerprint density at radius 3 is 2.33 bits per heavy atom. The third kappa shape index (κ3) is 4.61. The molecule has 0 fully saturated rings. The molecule has 0 amide bonds. The van der Waals surface area contributed by atoms with Crippen molar-refractivity contribution >= 4 is 46.5 Å². The molecule has 0 saturated heterocycles. The molecular formula is C16H13Cl2NO5. The van der Waals surface area contributed by atoms with Crippen LogP contribution in [0.4, 0.5) is 11.4 Å². The third-order valence-corrected chi connectivity index (χ3v) is 3.59. The SMILES string of the molecule is O=C(O)Cc1ccccc1Nc1c(Cl)cc(OC(=O)CO)cc1Cl. The van der Waals surface area contributed by atoms with E-state index < -0.39 is 18.5 Å². The zero-order valence-electron chi connectivity index (χ0n) is 12.3. The molecule has 8 heteroatoms. The number of anilines is 2. The lowest BCUT2D eigenvalue weighted by atomic mass is 10.1. The zero-order valence-corrected chi connectivity index (χ0v) is 13.8. The van der Waals surface area contributed by atoms with Gasteiger partial charge in [0.15, 0.2) is 0 Å².